The molecule has 2 N–H and O–H groups in total. The number of hydrogen-bond acceptors (Lipinski definition) is 6. The lowest BCUT2D eigenvalue weighted by Crippen LogP contribution is -2.12. The number of unbranched alkanes of at least 4 members (excludes halogenated alkanes) is 1. The molecular formula is C37H51BrClN3O5. The second-order valence-corrected chi connectivity index (χ2v) is 12.8. The molecule has 3 rings (SSSR count). The highest BCUT2D eigenvalue weighted by Crippen LogP contribution is 2.37. The number of aryl methyl sites for hydroxylation is 1. The maximum atomic E-state index is 10.9. The van der Waals surface area contributed by atoms with Gasteiger partial charge in [-0.1, -0.05) is 61.1 Å². The van der Waals surface area contributed by atoms with Crippen molar-refractivity contribution in [3.05, 3.63) is 85.6 Å². The molecule has 0 unspecified atom stereocenters. The zero-order chi connectivity index (χ0) is 35.1. The van der Waals surface area contributed by atoms with Gasteiger partial charge in [0.05, 0.1) is 44.2 Å². The number of methoxy groups -OCH3 is 3. The second-order valence-electron chi connectivity index (χ2n) is 11.5. The molecule has 2 aromatic carbocycles. The fraction of sp³-hybridized carbons (Fsp3) is 0.459. The van der Waals surface area contributed by atoms with Crippen LogP contribution in [0.25, 0.3) is 6.08 Å². The molecule has 0 atom stereocenters. The van der Waals surface area contributed by atoms with Crippen LogP contribution < -0.4 is 19.9 Å². The molecule has 0 fully saturated rings. The molecule has 3 aromatic rings. The van der Waals surface area contributed by atoms with Gasteiger partial charge in [0.2, 0.25) is 5.91 Å². The standard InChI is InChI=1S/C28H41BrN2O2.C9H10ClNO3/c1-8-21(5)26(33-9-2)16-17-28-30-24(13-11-10-12-20(3)4)25(31(28)6)19-22-18-23(29)14-15-27(22)32-7;1-13-6-4-3-5(9(11)12)7(10)8(6)14-2/h14-18,20H,8-13,19H2,1-7H3;3-4H,1-2H3,(H2,11,12)/b17-16-,26-21-;. The Bertz CT molecular complexity index is 1530. The number of nitrogens with zero attached hydrogens (tertiary/aromatic N) is 2. The number of rotatable bonds is 16. The Hall–Kier alpha value is -3.43. The van der Waals surface area contributed by atoms with Gasteiger partial charge in [0.15, 0.2) is 11.5 Å². The zero-order valence-electron chi connectivity index (χ0n) is 29.3. The average Bonchev–Trinajstić information content (AvgIpc) is 3.34. The molecule has 10 heteroatoms. The third kappa shape index (κ3) is 11.6. The summed E-state index contributed by atoms with van der Waals surface area (Å²) in [5.74, 6) is 3.71. The Morgan fingerprint density at radius 1 is 1.06 bits per heavy atom. The lowest BCUT2D eigenvalue weighted by molar-refractivity contribution is 0.1000. The van der Waals surface area contributed by atoms with Crippen LogP contribution in [0.15, 0.2) is 52.2 Å². The quantitative estimate of drug-likeness (QED) is 0.0896. The third-order valence-corrected chi connectivity index (χ3v) is 8.63. The highest BCUT2D eigenvalue weighted by molar-refractivity contribution is 9.10. The van der Waals surface area contributed by atoms with Gasteiger partial charge in [-0.3, -0.25) is 4.79 Å². The number of ether oxygens (including phenoxy) is 4. The van der Waals surface area contributed by atoms with E-state index in [9.17, 15) is 4.79 Å². The van der Waals surface area contributed by atoms with E-state index in [2.05, 4.69) is 73.5 Å². The van der Waals surface area contributed by atoms with E-state index in [0.717, 1.165) is 59.0 Å². The summed E-state index contributed by atoms with van der Waals surface area (Å²) in [6.07, 6.45) is 10.5. The van der Waals surface area contributed by atoms with Crippen LogP contribution in [-0.2, 0) is 24.6 Å². The van der Waals surface area contributed by atoms with Gasteiger partial charge < -0.3 is 29.2 Å². The van der Waals surface area contributed by atoms with Crippen molar-refractivity contribution in [2.45, 2.75) is 73.1 Å². The first-order valence-corrected chi connectivity index (χ1v) is 17.2. The van der Waals surface area contributed by atoms with Crippen LogP contribution >= 0.6 is 27.5 Å². The van der Waals surface area contributed by atoms with Gasteiger partial charge in [0, 0.05) is 29.2 Å². The van der Waals surface area contributed by atoms with Crippen molar-refractivity contribution in [2.75, 3.05) is 27.9 Å². The van der Waals surface area contributed by atoms with E-state index in [1.165, 1.54) is 50.1 Å². The minimum atomic E-state index is -0.601. The van der Waals surface area contributed by atoms with E-state index in [-0.39, 0.29) is 10.6 Å². The molecule has 8 nitrogen and oxygen atoms in total. The summed E-state index contributed by atoms with van der Waals surface area (Å²) in [5.41, 5.74) is 10.1. The van der Waals surface area contributed by atoms with Crippen LogP contribution in [0.1, 0.15) is 93.4 Å². The van der Waals surface area contributed by atoms with E-state index in [1.54, 1.807) is 13.2 Å². The second kappa shape index (κ2) is 20.1. The third-order valence-electron chi connectivity index (χ3n) is 7.76. The number of hydrogen-bond donors (Lipinski definition) is 1. The van der Waals surface area contributed by atoms with E-state index in [4.69, 9.17) is 41.3 Å². The molecule has 0 radical (unpaired) electrons. The number of allylic oxidation sites excluding steroid dienone is 2. The van der Waals surface area contributed by atoms with Crippen LogP contribution in [-0.4, -0.2) is 43.4 Å². The number of imidazole rings is 1. The number of amides is 1. The van der Waals surface area contributed by atoms with Gasteiger partial charge in [-0.05, 0) is 87.1 Å². The monoisotopic (exact) mass is 731 g/mol. The first-order chi connectivity index (χ1) is 22.4. The summed E-state index contributed by atoms with van der Waals surface area (Å²) in [4.78, 5) is 16.0. The first-order valence-electron chi connectivity index (χ1n) is 16.0. The minimum absolute atomic E-state index is 0.166. The summed E-state index contributed by atoms with van der Waals surface area (Å²) < 4.78 is 24.8. The van der Waals surface area contributed by atoms with Crippen LogP contribution in [0.5, 0.6) is 17.2 Å². The molecule has 0 aliphatic carbocycles. The highest BCUT2D eigenvalue weighted by Gasteiger charge is 2.17. The SMILES string of the molecule is CCOC(/C=C\c1nc(CCCCC(C)C)c(Cc2cc(Br)ccc2OC)n1C)=C(/C)CC.COc1ccc(C(N)=O)c(Cl)c1OC. The molecule has 0 saturated carbocycles. The van der Waals surface area contributed by atoms with Crippen molar-refractivity contribution in [2.24, 2.45) is 18.7 Å². The Balaban J connectivity index is 0.000000456. The normalized spacial score (nSPS) is 11.7. The van der Waals surface area contributed by atoms with Crippen LogP contribution in [0.3, 0.4) is 0 Å². The predicted molar refractivity (Wildman–Crippen MR) is 196 cm³/mol. The fourth-order valence-corrected chi connectivity index (χ4v) is 5.70. The van der Waals surface area contributed by atoms with Gasteiger partial charge in [-0.2, -0.15) is 0 Å². The first kappa shape index (κ1) is 39.7. The summed E-state index contributed by atoms with van der Waals surface area (Å²) in [6.45, 7) is 11.5. The van der Waals surface area contributed by atoms with Crippen molar-refractivity contribution in [1.29, 1.82) is 0 Å². The van der Waals surface area contributed by atoms with Gasteiger partial charge in [0.25, 0.3) is 0 Å². The largest absolute Gasteiger partial charge is 0.496 e. The molecule has 0 aliphatic rings. The van der Waals surface area contributed by atoms with E-state index < -0.39 is 5.91 Å². The Labute approximate surface area is 294 Å². The van der Waals surface area contributed by atoms with Crippen LogP contribution in [0.2, 0.25) is 5.02 Å². The Morgan fingerprint density at radius 2 is 1.74 bits per heavy atom. The van der Waals surface area contributed by atoms with Gasteiger partial charge in [-0.25, -0.2) is 4.98 Å². The lowest BCUT2D eigenvalue weighted by atomic mass is 10.0. The van der Waals surface area contributed by atoms with Crippen molar-refractivity contribution >= 4 is 39.5 Å². The van der Waals surface area contributed by atoms with Gasteiger partial charge in [-0.15, -0.1) is 0 Å². The minimum Gasteiger partial charge on any atom is -0.496 e. The molecule has 0 bridgehead atoms. The molecule has 0 spiro atoms. The zero-order valence-corrected chi connectivity index (χ0v) is 31.7. The predicted octanol–water partition coefficient (Wildman–Crippen LogP) is 9.34. The molecule has 47 heavy (non-hydrogen) atoms. The summed E-state index contributed by atoms with van der Waals surface area (Å²) in [6, 6.07) is 9.25. The van der Waals surface area contributed by atoms with Gasteiger partial charge in [0.1, 0.15) is 17.3 Å². The fourth-order valence-electron chi connectivity index (χ4n) is 4.96. The number of nitrogens with two attached hydrogens (primary N) is 1. The Kier molecular flexibility index (Phi) is 17.0. The van der Waals surface area contributed by atoms with Crippen LogP contribution in [0, 0.1) is 5.92 Å². The molecule has 258 valence electrons. The average molecular weight is 733 g/mol. The number of carbonyl (C=O) groups excluding carboxylic acids is 1. The van der Waals surface area contributed by atoms with Crippen molar-refractivity contribution in [3.63, 3.8) is 0 Å². The van der Waals surface area contributed by atoms with E-state index in [0.29, 0.717) is 18.1 Å². The summed E-state index contributed by atoms with van der Waals surface area (Å²) in [7, 11) is 6.77. The lowest BCUT2D eigenvalue weighted by Gasteiger charge is -2.12. The topological polar surface area (TPSA) is 97.8 Å². The molecule has 0 aliphatic heterocycles. The van der Waals surface area contributed by atoms with Gasteiger partial charge >= 0.3 is 0 Å². The number of primary amides is 1. The van der Waals surface area contributed by atoms with E-state index in [1.807, 2.05) is 19.1 Å². The van der Waals surface area contributed by atoms with E-state index >= 15 is 0 Å². The molecular weight excluding hydrogens is 682 g/mol. The number of benzene rings is 2. The Morgan fingerprint density at radius 3 is 2.32 bits per heavy atom. The molecule has 1 aromatic heterocycles. The number of carbonyl (C=O) groups is 1. The number of aromatic nitrogens is 2. The highest BCUT2D eigenvalue weighted by atomic mass is 79.9. The molecule has 1 amide bonds. The maximum Gasteiger partial charge on any atom is 0.250 e. The van der Waals surface area contributed by atoms with Crippen molar-refractivity contribution in [3.8, 4) is 17.2 Å². The smallest absolute Gasteiger partial charge is 0.250 e. The number of halogens is 2. The maximum absolute atomic E-state index is 10.9. The molecule has 1 heterocycles. The molecule has 0 saturated heterocycles. The van der Waals surface area contributed by atoms with Crippen molar-refractivity contribution < 1.29 is 23.7 Å². The summed E-state index contributed by atoms with van der Waals surface area (Å²) >= 11 is 9.50. The van der Waals surface area contributed by atoms with Crippen molar-refractivity contribution in [1.82, 2.24) is 9.55 Å². The summed E-state index contributed by atoms with van der Waals surface area (Å²) in [5, 5.41) is 0.166. The van der Waals surface area contributed by atoms with Crippen LogP contribution in [0.4, 0.5) is 0 Å².